The first kappa shape index (κ1) is 25.1. The van der Waals surface area contributed by atoms with Crippen LogP contribution in [0, 0.1) is 11.6 Å². The van der Waals surface area contributed by atoms with Crippen molar-refractivity contribution in [3.8, 4) is 11.3 Å². The highest BCUT2D eigenvalue weighted by Gasteiger charge is 2.30. The molecule has 0 radical (unpaired) electrons. The van der Waals surface area contributed by atoms with E-state index in [1.54, 1.807) is 0 Å². The molecule has 0 saturated carbocycles. The number of nitrogens with zero attached hydrogens (tertiary/aromatic N) is 6. The molecule has 0 spiro atoms. The molecule has 0 aliphatic carbocycles. The Bertz CT molecular complexity index is 1340. The molecule has 0 bridgehead atoms. The molecule has 11 heteroatoms. The number of nitrogens with two attached hydrogens (primary N) is 1. The maximum absolute atomic E-state index is 14.1. The molecule has 2 aromatic heterocycles. The summed E-state index contributed by atoms with van der Waals surface area (Å²) in [6.07, 6.45) is 3.53. The lowest BCUT2D eigenvalue weighted by atomic mass is 10.1. The lowest BCUT2D eigenvalue weighted by Crippen LogP contribution is -2.53. The first-order chi connectivity index (χ1) is 17.7. The minimum absolute atomic E-state index is 0.0268. The summed E-state index contributed by atoms with van der Waals surface area (Å²) < 4.78 is 27.7. The molecule has 2 N–H and O–H groups in total. The predicted molar refractivity (Wildman–Crippen MR) is 140 cm³/mol. The highest BCUT2D eigenvalue weighted by Crippen LogP contribution is 2.32. The van der Waals surface area contributed by atoms with Crippen LogP contribution in [0.15, 0.2) is 36.5 Å². The second kappa shape index (κ2) is 10.1. The van der Waals surface area contributed by atoms with E-state index in [0.717, 1.165) is 31.3 Å². The Balaban J connectivity index is 1.46. The number of primary amides is 1. The van der Waals surface area contributed by atoms with Crippen molar-refractivity contribution in [1.82, 2.24) is 15.0 Å². The standard InChI is InChI=1S/C26H28ClF2N7O/c1-15-4-3-7-36(15)26-32-22(17-5-6-20(28)21(29)11-17)12-23(33-26)35-9-8-34(14-16(35)2)25-19(27)10-18(13-31-25)24(30)37/h5-6,10-13,15-16H,3-4,7-9,14H2,1-2H3,(H2,30,37)/t15-,16-/m0/s1. The zero-order valence-electron chi connectivity index (χ0n) is 20.7. The van der Waals surface area contributed by atoms with E-state index in [2.05, 4.69) is 33.5 Å². The fourth-order valence-electron chi connectivity index (χ4n) is 5.02. The first-order valence-corrected chi connectivity index (χ1v) is 12.7. The van der Waals surface area contributed by atoms with Crippen LogP contribution in [-0.2, 0) is 0 Å². The summed E-state index contributed by atoms with van der Waals surface area (Å²) >= 11 is 6.42. The summed E-state index contributed by atoms with van der Waals surface area (Å²) in [5.74, 6) is -0.490. The Morgan fingerprint density at radius 3 is 2.49 bits per heavy atom. The molecule has 5 rings (SSSR count). The number of benzene rings is 1. The van der Waals surface area contributed by atoms with Gasteiger partial charge in [-0.25, -0.2) is 18.7 Å². The third kappa shape index (κ3) is 5.02. The average Bonchev–Trinajstić information content (AvgIpc) is 3.31. The van der Waals surface area contributed by atoms with Crippen LogP contribution < -0.4 is 20.4 Å². The lowest BCUT2D eigenvalue weighted by Gasteiger charge is -2.41. The third-order valence-corrected chi connectivity index (χ3v) is 7.33. The fourth-order valence-corrected chi connectivity index (χ4v) is 5.31. The van der Waals surface area contributed by atoms with Gasteiger partial charge in [-0.3, -0.25) is 4.79 Å². The molecule has 3 aromatic rings. The van der Waals surface area contributed by atoms with Gasteiger partial charge >= 0.3 is 0 Å². The van der Waals surface area contributed by atoms with Gasteiger partial charge in [-0.05, 0) is 51.0 Å². The van der Waals surface area contributed by atoms with Crippen LogP contribution in [0.3, 0.4) is 0 Å². The largest absolute Gasteiger partial charge is 0.366 e. The number of aromatic nitrogens is 3. The molecule has 1 amide bonds. The number of piperazine rings is 1. The van der Waals surface area contributed by atoms with Crippen LogP contribution in [-0.4, -0.2) is 59.1 Å². The van der Waals surface area contributed by atoms with Gasteiger partial charge in [0.2, 0.25) is 11.9 Å². The van der Waals surface area contributed by atoms with Gasteiger partial charge in [-0.15, -0.1) is 0 Å². The topological polar surface area (TPSA) is 91.5 Å². The normalized spacial score (nSPS) is 20.0. The molecule has 4 heterocycles. The summed E-state index contributed by atoms with van der Waals surface area (Å²) in [7, 11) is 0. The van der Waals surface area contributed by atoms with Crippen molar-refractivity contribution >= 4 is 35.1 Å². The predicted octanol–water partition coefficient (Wildman–Crippen LogP) is 4.27. The molecule has 2 aliphatic heterocycles. The Morgan fingerprint density at radius 1 is 1.03 bits per heavy atom. The third-order valence-electron chi connectivity index (χ3n) is 7.05. The van der Waals surface area contributed by atoms with Gasteiger partial charge < -0.3 is 20.4 Å². The van der Waals surface area contributed by atoms with Crippen LogP contribution in [0.25, 0.3) is 11.3 Å². The van der Waals surface area contributed by atoms with Crippen molar-refractivity contribution in [2.75, 3.05) is 40.9 Å². The maximum atomic E-state index is 14.1. The van der Waals surface area contributed by atoms with Crippen molar-refractivity contribution in [2.45, 2.75) is 38.8 Å². The first-order valence-electron chi connectivity index (χ1n) is 12.3. The zero-order valence-corrected chi connectivity index (χ0v) is 21.4. The number of rotatable bonds is 5. The summed E-state index contributed by atoms with van der Waals surface area (Å²) in [5.41, 5.74) is 6.63. The van der Waals surface area contributed by atoms with Crippen molar-refractivity contribution in [3.05, 3.63) is 58.7 Å². The fraction of sp³-hybridized carbons (Fsp3) is 0.385. The average molecular weight is 528 g/mol. The molecule has 194 valence electrons. The van der Waals surface area contributed by atoms with Gasteiger partial charge in [0, 0.05) is 56.1 Å². The van der Waals surface area contributed by atoms with Crippen LogP contribution >= 0.6 is 11.6 Å². The van der Waals surface area contributed by atoms with E-state index in [-0.39, 0.29) is 11.6 Å². The summed E-state index contributed by atoms with van der Waals surface area (Å²) in [5, 5.41) is 0.366. The monoisotopic (exact) mass is 527 g/mol. The zero-order chi connectivity index (χ0) is 26.3. The number of hydrogen-bond donors (Lipinski definition) is 1. The number of carbonyl (C=O) groups is 1. The van der Waals surface area contributed by atoms with Crippen molar-refractivity contribution in [2.24, 2.45) is 5.73 Å². The quantitative estimate of drug-likeness (QED) is 0.529. The highest BCUT2D eigenvalue weighted by atomic mass is 35.5. The number of anilines is 3. The lowest BCUT2D eigenvalue weighted by molar-refractivity contribution is 0.1000. The van der Waals surface area contributed by atoms with E-state index in [9.17, 15) is 13.6 Å². The number of halogens is 3. The highest BCUT2D eigenvalue weighted by molar-refractivity contribution is 6.33. The molecule has 0 unspecified atom stereocenters. The van der Waals surface area contributed by atoms with E-state index >= 15 is 0 Å². The molecule has 2 saturated heterocycles. The van der Waals surface area contributed by atoms with Crippen molar-refractivity contribution < 1.29 is 13.6 Å². The molecule has 37 heavy (non-hydrogen) atoms. The number of hydrogen-bond acceptors (Lipinski definition) is 7. The molecule has 2 atom stereocenters. The molecule has 8 nitrogen and oxygen atoms in total. The van der Waals surface area contributed by atoms with E-state index in [1.165, 1.54) is 24.4 Å². The van der Waals surface area contributed by atoms with Crippen LogP contribution in [0.2, 0.25) is 5.02 Å². The second-order valence-corrected chi connectivity index (χ2v) is 10.0. The van der Waals surface area contributed by atoms with Gasteiger partial charge in [-0.1, -0.05) is 11.6 Å². The van der Waals surface area contributed by atoms with E-state index in [1.807, 2.05) is 6.07 Å². The van der Waals surface area contributed by atoms with E-state index in [0.29, 0.717) is 53.7 Å². The van der Waals surface area contributed by atoms with Gasteiger partial charge in [0.05, 0.1) is 16.3 Å². The number of carbonyl (C=O) groups excluding carboxylic acids is 1. The van der Waals surface area contributed by atoms with E-state index in [4.69, 9.17) is 27.3 Å². The molecular weight excluding hydrogens is 500 g/mol. The van der Waals surface area contributed by atoms with Crippen LogP contribution in [0.5, 0.6) is 0 Å². The minimum atomic E-state index is -0.914. The Morgan fingerprint density at radius 2 is 1.84 bits per heavy atom. The Labute approximate surface area is 219 Å². The van der Waals surface area contributed by atoms with Gasteiger partial charge in [0.25, 0.3) is 0 Å². The van der Waals surface area contributed by atoms with Crippen molar-refractivity contribution in [3.63, 3.8) is 0 Å². The smallest absolute Gasteiger partial charge is 0.250 e. The second-order valence-electron chi connectivity index (χ2n) is 9.61. The van der Waals surface area contributed by atoms with Crippen molar-refractivity contribution in [1.29, 1.82) is 0 Å². The van der Waals surface area contributed by atoms with E-state index < -0.39 is 17.5 Å². The van der Waals surface area contributed by atoms with Crippen LogP contribution in [0.1, 0.15) is 37.0 Å². The van der Waals surface area contributed by atoms with Gasteiger partial charge in [-0.2, -0.15) is 4.98 Å². The number of amides is 1. The number of pyridine rings is 1. The van der Waals surface area contributed by atoms with Crippen LogP contribution in [0.4, 0.5) is 26.4 Å². The Kier molecular flexibility index (Phi) is 6.85. The Hall–Kier alpha value is -3.53. The maximum Gasteiger partial charge on any atom is 0.250 e. The minimum Gasteiger partial charge on any atom is -0.366 e. The molecule has 2 fully saturated rings. The summed E-state index contributed by atoms with van der Waals surface area (Å²) in [4.78, 5) is 31.9. The SMILES string of the molecule is C[C@H]1CN(c2ncc(C(N)=O)cc2Cl)CCN1c1cc(-c2ccc(F)c(F)c2)nc(N2CCC[C@@H]2C)n1. The summed E-state index contributed by atoms with van der Waals surface area (Å²) in [6.45, 7) is 6.92. The summed E-state index contributed by atoms with van der Waals surface area (Å²) in [6, 6.07) is 7.50. The molecule has 1 aromatic carbocycles. The van der Waals surface area contributed by atoms with Gasteiger partial charge in [0.1, 0.15) is 11.6 Å². The molecule has 2 aliphatic rings. The van der Waals surface area contributed by atoms with Gasteiger partial charge in [0.15, 0.2) is 11.6 Å². The molecular formula is C26H28ClF2N7O.